The van der Waals surface area contributed by atoms with Crippen molar-refractivity contribution in [1.82, 2.24) is 0 Å². The summed E-state index contributed by atoms with van der Waals surface area (Å²) in [6.45, 7) is 0. The number of hydrogen-bond acceptors (Lipinski definition) is 4. The number of alkyl halides is 3. The third kappa shape index (κ3) is 5.95. The van der Waals surface area contributed by atoms with Gasteiger partial charge in [0, 0.05) is 0 Å². The maximum absolute atomic E-state index is 10.7. The summed E-state index contributed by atoms with van der Waals surface area (Å²) >= 11 is 0.349. The predicted octanol–water partition coefficient (Wildman–Crippen LogP) is 1.38. The second-order valence-electron chi connectivity index (χ2n) is 2.34. The molecule has 0 aromatic heterocycles. The van der Waals surface area contributed by atoms with E-state index in [-0.39, 0.29) is 0 Å². The average molecular weight is 276 g/mol. The first-order valence-electron chi connectivity index (χ1n) is 3.61. The predicted molar refractivity (Wildman–Crippen MR) is 51.8 cm³/mol. The van der Waals surface area contributed by atoms with E-state index in [1.165, 1.54) is 0 Å². The van der Waals surface area contributed by atoms with Crippen molar-refractivity contribution in [2.45, 2.75) is 10.4 Å². The van der Waals surface area contributed by atoms with Crippen molar-refractivity contribution >= 4 is 22.2 Å². The van der Waals surface area contributed by atoms with Gasteiger partial charge >= 0.3 is 5.51 Å². The average Bonchev–Trinajstić information content (AvgIpc) is 2.17. The van der Waals surface area contributed by atoms with Crippen LogP contribution in [0.15, 0.2) is 35.2 Å². The Hall–Kier alpha value is -0.770. The first-order chi connectivity index (χ1) is 7.18. The van der Waals surface area contributed by atoms with Crippen molar-refractivity contribution in [1.29, 1.82) is 0 Å². The van der Waals surface area contributed by atoms with Gasteiger partial charge in [-0.05, 0) is 12.1 Å². The summed E-state index contributed by atoms with van der Waals surface area (Å²) in [6.07, 6.45) is 0. The zero-order valence-electron chi connectivity index (χ0n) is 7.55. The van der Waals surface area contributed by atoms with E-state index in [1.807, 2.05) is 30.3 Å². The summed E-state index contributed by atoms with van der Waals surface area (Å²) < 4.78 is 67.4. The van der Waals surface area contributed by atoms with Crippen LogP contribution in [0.3, 0.4) is 0 Å². The molecule has 1 N–H and O–H groups in total. The second-order valence-corrected chi connectivity index (χ2v) is 4.42. The molecular formula is C7H7F3O4S2. The highest BCUT2D eigenvalue weighted by Gasteiger charge is 2.36. The molecule has 1 aromatic rings. The van der Waals surface area contributed by atoms with E-state index in [0.29, 0.717) is 12.0 Å². The zero-order chi connectivity index (χ0) is 12.8. The topological polar surface area (TPSA) is 77.4 Å². The fraction of sp³-hybridized carbons (Fsp3) is 0.143. The molecule has 0 unspecified atom stereocenters. The number of rotatable bonds is 1. The summed E-state index contributed by atoms with van der Waals surface area (Å²) in [4.78, 5) is 0.938. The molecule has 0 radical (unpaired) electrons. The fourth-order valence-corrected chi connectivity index (χ4v) is 0.800. The fourth-order valence-electron chi connectivity index (χ4n) is 0.495. The lowest BCUT2D eigenvalue weighted by Gasteiger charge is -2.08. The molecule has 0 atom stereocenters. The van der Waals surface area contributed by atoms with Crippen LogP contribution >= 0.6 is 0 Å². The van der Waals surface area contributed by atoms with Crippen LogP contribution in [0.5, 0.6) is 0 Å². The number of thiol groups is 1. The molecule has 1 rings (SSSR count). The van der Waals surface area contributed by atoms with Crippen molar-refractivity contribution in [3.05, 3.63) is 30.3 Å². The smallest absolute Gasteiger partial charge is 0.485 e. The highest BCUT2D eigenvalue weighted by atomic mass is 32.2. The Labute approximate surface area is 94.1 Å². The van der Waals surface area contributed by atoms with E-state index in [2.05, 4.69) is 0 Å². The maximum Gasteiger partial charge on any atom is 0.485 e. The Morgan fingerprint density at radius 2 is 1.56 bits per heavy atom. The monoisotopic (exact) mass is 276 g/mol. The largest absolute Gasteiger partial charge is 0.741 e. The summed E-state index contributed by atoms with van der Waals surface area (Å²) in [5.41, 5.74) is -5.65. The SMILES string of the molecule is O=S(=O)([O-])C(F)(F)F.O[SH+]c1ccccc1. The minimum Gasteiger partial charge on any atom is -0.741 e. The van der Waals surface area contributed by atoms with Crippen LogP contribution < -0.4 is 0 Å². The van der Waals surface area contributed by atoms with Gasteiger partial charge < -0.3 is 4.55 Å². The van der Waals surface area contributed by atoms with Gasteiger partial charge in [-0.25, -0.2) is 8.42 Å². The van der Waals surface area contributed by atoms with Gasteiger partial charge in [0.1, 0.15) is 0 Å². The Morgan fingerprint density at radius 1 is 1.19 bits per heavy atom. The molecule has 0 bridgehead atoms. The van der Waals surface area contributed by atoms with Crippen LogP contribution in [0.1, 0.15) is 0 Å². The molecule has 0 aliphatic heterocycles. The Morgan fingerprint density at radius 3 is 1.75 bits per heavy atom. The molecule has 0 saturated heterocycles. The molecule has 16 heavy (non-hydrogen) atoms. The third-order valence-electron chi connectivity index (χ3n) is 1.16. The molecule has 0 fully saturated rings. The maximum atomic E-state index is 10.7. The summed E-state index contributed by atoms with van der Waals surface area (Å²) in [5, 5.41) is 0. The quantitative estimate of drug-likeness (QED) is 0.364. The van der Waals surface area contributed by atoms with E-state index in [1.54, 1.807) is 0 Å². The molecule has 0 aliphatic rings. The molecule has 1 aromatic carbocycles. The molecule has 0 amide bonds. The van der Waals surface area contributed by atoms with Gasteiger partial charge in [0.15, 0.2) is 27.1 Å². The van der Waals surface area contributed by atoms with Crippen LogP contribution in [0.4, 0.5) is 13.2 Å². The normalized spacial score (nSPS) is 11.6. The third-order valence-corrected chi connectivity index (χ3v) is 2.25. The first kappa shape index (κ1) is 15.2. The van der Waals surface area contributed by atoms with Crippen molar-refractivity contribution < 1.29 is 30.7 Å². The Bertz CT molecular complexity index is 401. The van der Waals surface area contributed by atoms with Gasteiger partial charge in [-0.2, -0.15) is 17.7 Å². The van der Waals surface area contributed by atoms with E-state index in [0.717, 1.165) is 4.90 Å². The van der Waals surface area contributed by atoms with Crippen molar-refractivity contribution in [2.24, 2.45) is 0 Å². The van der Waals surface area contributed by atoms with Gasteiger partial charge in [0.05, 0.1) is 0 Å². The Kier molecular flexibility index (Phi) is 5.79. The number of hydrogen-bond donors (Lipinski definition) is 1. The molecule has 9 heteroatoms. The molecular weight excluding hydrogens is 269 g/mol. The Balaban J connectivity index is 0.000000281. The lowest BCUT2D eigenvalue weighted by Crippen LogP contribution is -2.21. The van der Waals surface area contributed by atoms with E-state index in [9.17, 15) is 13.2 Å². The number of benzene rings is 1. The lowest BCUT2D eigenvalue weighted by molar-refractivity contribution is -0.0517. The molecule has 0 heterocycles. The van der Waals surface area contributed by atoms with Crippen molar-refractivity contribution in [3.8, 4) is 0 Å². The molecule has 0 aliphatic carbocycles. The lowest BCUT2D eigenvalue weighted by atomic mass is 10.4. The minimum absolute atomic E-state index is 0.349. The number of halogens is 3. The zero-order valence-corrected chi connectivity index (χ0v) is 9.26. The first-order valence-corrected chi connectivity index (χ1v) is 5.86. The van der Waals surface area contributed by atoms with Gasteiger partial charge in [-0.3, -0.25) is 0 Å². The van der Waals surface area contributed by atoms with Crippen LogP contribution in [0.25, 0.3) is 0 Å². The van der Waals surface area contributed by atoms with E-state index in [4.69, 9.17) is 17.5 Å². The van der Waals surface area contributed by atoms with Crippen LogP contribution in [0, 0.1) is 0 Å². The standard InChI is InChI=1S/C6H6OS.CHF3O3S/c7-8-6-4-2-1-3-5-6;2-1(3,4)8(5,6)7/h1-5,7H;(H,5,6,7). The summed E-state index contributed by atoms with van der Waals surface area (Å²) in [6, 6.07) is 9.48. The van der Waals surface area contributed by atoms with Crippen molar-refractivity contribution in [3.63, 3.8) is 0 Å². The van der Waals surface area contributed by atoms with Crippen LogP contribution in [0.2, 0.25) is 0 Å². The van der Waals surface area contributed by atoms with Gasteiger partial charge in [-0.1, -0.05) is 18.2 Å². The summed E-state index contributed by atoms with van der Waals surface area (Å²) in [7, 11) is -6.09. The van der Waals surface area contributed by atoms with Crippen LogP contribution in [-0.4, -0.2) is 23.0 Å². The molecule has 0 spiro atoms. The van der Waals surface area contributed by atoms with Crippen LogP contribution in [-0.2, 0) is 22.2 Å². The van der Waals surface area contributed by atoms with Crippen molar-refractivity contribution in [2.75, 3.05) is 0 Å². The molecule has 4 nitrogen and oxygen atoms in total. The minimum atomic E-state index is -6.09. The van der Waals surface area contributed by atoms with E-state index >= 15 is 0 Å². The highest BCUT2D eigenvalue weighted by molar-refractivity contribution is 7.86. The molecule has 92 valence electrons. The summed E-state index contributed by atoms with van der Waals surface area (Å²) in [5.74, 6) is 0. The highest BCUT2D eigenvalue weighted by Crippen LogP contribution is 2.20. The van der Waals surface area contributed by atoms with Gasteiger partial charge in [0.25, 0.3) is 0 Å². The van der Waals surface area contributed by atoms with Gasteiger partial charge in [0.2, 0.25) is 0 Å². The van der Waals surface area contributed by atoms with E-state index < -0.39 is 15.6 Å². The second kappa shape index (κ2) is 6.09. The van der Waals surface area contributed by atoms with Gasteiger partial charge in [-0.15, -0.1) is 0 Å². The molecule has 0 saturated carbocycles.